The molecule has 0 atom stereocenters. The van der Waals surface area contributed by atoms with Crippen LogP contribution in [0, 0.1) is 17.5 Å². The highest BCUT2D eigenvalue weighted by Crippen LogP contribution is 2.15. The molecule has 0 aliphatic rings. The number of rotatable bonds is 2. The van der Waals surface area contributed by atoms with Crippen molar-refractivity contribution < 1.29 is 23.1 Å². The number of halogens is 3. The quantitative estimate of drug-likeness (QED) is 0.609. The van der Waals surface area contributed by atoms with Gasteiger partial charge in [0.05, 0.1) is 0 Å². The lowest BCUT2D eigenvalue weighted by molar-refractivity contribution is -0.132. The third-order valence-corrected chi connectivity index (χ3v) is 1.73. The Labute approximate surface area is 83.7 Å². The van der Waals surface area contributed by atoms with Crippen LogP contribution in [0.4, 0.5) is 13.2 Å². The zero-order valence-electron chi connectivity index (χ0n) is 7.72. The maximum atomic E-state index is 12.7. The minimum atomic E-state index is -1.57. The molecule has 0 spiro atoms. The Morgan fingerprint density at radius 2 is 1.73 bits per heavy atom. The molecule has 0 unspecified atom stereocenters. The van der Waals surface area contributed by atoms with Gasteiger partial charge in [0.15, 0.2) is 17.5 Å². The molecule has 0 saturated heterocycles. The molecule has 0 fully saturated rings. The van der Waals surface area contributed by atoms with E-state index in [1.807, 2.05) is 0 Å². The Bertz CT molecular complexity index is 415. The smallest absolute Gasteiger partial charge is 0.331 e. The monoisotopic (exact) mass is 216 g/mol. The molecule has 1 N–H and O–H groups in total. The molecule has 0 amide bonds. The van der Waals surface area contributed by atoms with Crippen LogP contribution in [0.3, 0.4) is 0 Å². The largest absolute Gasteiger partial charge is 0.478 e. The van der Waals surface area contributed by atoms with Gasteiger partial charge in [-0.2, -0.15) is 0 Å². The molecule has 0 bridgehead atoms. The maximum absolute atomic E-state index is 12.7. The summed E-state index contributed by atoms with van der Waals surface area (Å²) in [7, 11) is 0. The second kappa shape index (κ2) is 4.16. The van der Waals surface area contributed by atoms with Gasteiger partial charge in [0.1, 0.15) is 0 Å². The number of carboxylic acids is 1. The van der Waals surface area contributed by atoms with Crippen LogP contribution in [0.15, 0.2) is 17.7 Å². The Balaban J connectivity index is 3.18. The molecule has 80 valence electrons. The minimum absolute atomic E-state index is 0.0358. The Morgan fingerprint density at radius 1 is 1.27 bits per heavy atom. The predicted molar refractivity (Wildman–Crippen MR) is 47.6 cm³/mol. The highest BCUT2D eigenvalue weighted by atomic mass is 19.2. The van der Waals surface area contributed by atoms with Crippen LogP contribution in [0.5, 0.6) is 0 Å². The van der Waals surface area contributed by atoms with Gasteiger partial charge in [0, 0.05) is 5.57 Å². The fourth-order valence-corrected chi connectivity index (χ4v) is 0.970. The Hall–Kier alpha value is -1.78. The second-order valence-corrected chi connectivity index (χ2v) is 2.93. The molecule has 0 heterocycles. The average molecular weight is 216 g/mol. The summed E-state index contributed by atoms with van der Waals surface area (Å²) in [6, 6.07) is 1.45. The van der Waals surface area contributed by atoms with Crippen molar-refractivity contribution in [3.63, 3.8) is 0 Å². The Kier molecular flexibility index (Phi) is 3.14. The van der Waals surface area contributed by atoms with Crippen LogP contribution in [-0.4, -0.2) is 11.1 Å². The van der Waals surface area contributed by atoms with Crippen LogP contribution in [0.1, 0.15) is 12.5 Å². The van der Waals surface area contributed by atoms with E-state index in [2.05, 4.69) is 0 Å². The number of carboxylic acid groups (broad SMARTS) is 1. The lowest BCUT2D eigenvalue weighted by Crippen LogP contribution is -1.97. The standard InChI is InChI=1S/C10H7F3O2/c1-5(10(14)15)2-6-3-7(11)9(13)8(12)4-6/h2-4H,1H3,(H,14,15)/b5-2+. The van der Waals surface area contributed by atoms with Crippen LogP contribution < -0.4 is 0 Å². The normalized spacial score (nSPS) is 11.6. The minimum Gasteiger partial charge on any atom is -0.478 e. The van der Waals surface area contributed by atoms with Gasteiger partial charge in [-0.1, -0.05) is 0 Å². The van der Waals surface area contributed by atoms with Crippen molar-refractivity contribution in [2.75, 3.05) is 0 Å². The first kappa shape index (κ1) is 11.3. The summed E-state index contributed by atoms with van der Waals surface area (Å²) in [5.41, 5.74) is -0.133. The van der Waals surface area contributed by atoms with Crippen LogP contribution in [0.25, 0.3) is 6.08 Å². The molecule has 1 aromatic rings. The van der Waals surface area contributed by atoms with Gasteiger partial charge in [0.2, 0.25) is 0 Å². The Morgan fingerprint density at radius 3 is 2.13 bits per heavy atom. The summed E-state index contributed by atoms with van der Waals surface area (Å²) >= 11 is 0. The van der Waals surface area contributed by atoms with Gasteiger partial charge in [-0.05, 0) is 30.7 Å². The fourth-order valence-electron chi connectivity index (χ4n) is 0.970. The van der Waals surface area contributed by atoms with E-state index in [0.29, 0.717) is 0 Å². The summed E-state index contributed by atoms with van der Waals surface area (Å²) in [4.78, 5) is 10.4. The van der Waals surface area contributed by atoms with E-state index in [1.54, 1.807) is 0 Å². The highest BCUT2D eigenvalue weighted by Gasteiger charge is 2.10. The average Bonchev–Trinajstić information content (AvgIpc) is 2.13. The lowest BCUT2D eigenvalue weighted by Gasteiger charge is -1.99. The van der Waals surface area contributed by atoms with Gasteiger partial charge in [0.25, 0.3) is 0 Å². The predicted octanol–water partition coefficient (Wildman–Crippen LogP) is 2.59. The molecule has 1 rings (SSSR count). The molecule has 2 nitrogen and oxygen atoms in total. The maximum Gasteiger partial charge on any atom is 0.331 e. The van der Waals surface area contributed by atoms with Gasteiger partial charge in [-0.15, -0.1) is 0 Å². The molecule has 5 heteroatoms. The number of hydrogen-bond donors (Lipinski definition) is 1. The SMILES string of the molecule is C/C(=C\c1cc(F)c(F)c(F)c1)C(=O)O. The molecular weight excluding hydrogens is 209 g/mol. The van der Waals surface area contributed by atoms with Crippen molar-refractivity contribution in [3.8, 4) is 0 Å². The summed E-state index contributed by atoms with van der Waals surface area (Å²) in [6.07, 6.45) is 1.05. The molecule has 1 aromatic carbocycles. The van der Waals surface area contributed by atoms with E-state index >= 15 is 0 Å². The van der Waals surface area contributed by atoms with Crippen molar-refractivity contribution in [2.24, 2.45) is 0 Å². The van der Waals surface area contributed by atoms with Gasteiger partial charge >= 0.3 is 5.97 Å². The second-order valence-electron chi connectivity index (χ2n) is 2.93. The van der Waals surface area contributed by atoms with Crippen molar-refractivity contribution >= 4 is 12.0 Å². The van der Waals surface area contributed by atoms with Crippen molar-refractivity contribution in [3.05, 3.63) is 40.7 Å². The van der Waals surface area contributed by atoms with Crippen LogP contribution >= 0.6 is 0 Å². The van der Waals surface area contributed by atoms with Gasteiger partial charge in [-0.25, -0.2) is 18.0 Å². The van der Waals surface area contributed by atoms with E-state index in [0.717, 1.165) is 18.2 Å². The summed E-state index contributed by atoms with van der Waals surface area (Å²) in [6.45, 7) is 1.27. The van der Waals surface area contributed by atoms with Gasteiger partial charge < -0.3 is 5.11 Å². The summed E-state index contributed by atoms with van der Waals surface area (Å²) in [5.74, 6) is -5.47. The lowest BCUT2D eigenvalue weighted by atomic mass is 10.1. The van der Waals surface area contributed by atoms with Crippen molar-refractivity contribution in [2.45, 2.75) is 6.92 Å². The van der Waals surface area contributed by atoms with Crippen LogP contribution in [0.2, 0.25) is 0 Å². The summed E-state index contributed by atoms with van der Waals surface area (Å²) < 4.78 is 37.9. The summed E-state index contributed by atoms with van der Waals surface area (Å²) in [5, 5.41) is 8.51. The molecular formula is C10H7F3O2. The third kappa shape index (κ3) is 2.59. The molecule has 0 aliphatic heterocycles. The van der Waals surface area contributed by atoms with E-state index in [4.69, 9.17) is 5.11 Å². The molecule has 0 aromatic heterocycles. The fraction of sp³-hybridized carbons (Fsp3) is 0.100. The topological polar surface area (TPSA) is 37.3 Å². The number of hydrogen-bond acceptors (Lipinski definition) is 1. The van der Waals surface area contributed by atoms with E-state index < -0.39 is 23.4 Å². The first-order chi connectivity index (χ1) is 6.91. The third-order valence-electron chi connectivity index (χ3n) is 1.73. The number of aliphatic carboxylic acids is 1. The number of benzene rings is 1. The van der Waals surface area contributed by atoms with Crippen molar-refractivity contribution in [1.29, 1.82) is 0 Å². The van der Waals surface area contributed by atoms with E-state index in [1.165, 1.54) is 6.92 Å². The zero-order chi connectivity index (χ0) is 11.6. The van der Waals surface area contributed by atoms with Crippen LogP contribution in [-0.2, 0) is 4.79 Å². The van der Waals surface area contributed by atoms with E-state index in [9.17, 15) is 18.0 Å². The first-order valence-electron chi connectivity index (χ1n) is 3.98. The van der Waals surface area contributed by atoms with Gasteiger partial charge in [-0.3, -0.25) is 0 Å². The first-order valence-corrected chi connectivity index (χ1v) is 3.98. The molecule has 0 saturated carbocycles. The molecule has 0 aliphatic carbocycles. The van der Waals surface area contributed by atoms with Crippen molar-refractivity contribution in [1.82, 2.24) is 0 Å². The highest BCUT2D eigenvalue weighted by molar-refractivity contribution is 5.91. The molecule has 15 heavy (non-hydrogen) atoms. The number of carbonyl (C=O) groups is 1. The zero-order valence-corrected chi connectivity index (χ0v) is 7.72. The molecule has 0 radical (unpaired) electrons. The van der Waals surface area contributed by atoms with E-state index in [-0.39, 0.29) is 11.1 Å².